The van der Waals surface area contributed by atoms with E-state index in [0.29, 0.717) is 25.9 Å². The normalized spacial score (nSPS) is 20.1. The van der Waals surface area contributed by atoms with E-state index in [-0.39, 0.29) is 16.6 Å². The number of ether oxygens (including phenoxy) is 1. The lowest BCUT2D eigenvalue weighted by atomic mass is 9.88. The number of hydrogen-bond acceptors (Lipinski definition) is 4. The van der Waals surface area contributed by atoms with Crippen LogP contribution in [0.15, 0.2) is 29.2 Å². The van der Waals surface area contributed by atoms with Gasteiger partial charge in [0.15, 0.2) is 5.78 Å². The highest BCUT2D eigenvalue weighted by Gasteiger charge is 2.48. The minimum atomic E-state index is -0.486. The molecule has 1 aromatic rings. The highest BCUT2D eigenvalue weighted by atomic mass is 32.2. The molecule has 2 heterocycles. The fourth-order valence-electron chi connectivity index (χ4n) is 2.95. The first-order valence-corrected chi connectivity index (χ1v) is 8.43. The van der Waals surface area contributed by atoms with E-state index >= 15 is 0 Å². The van der Waals surface area contributed by atoms with Crippen molar-refractivity contribution in [1.82, 2.24) is 4.90 Å². The van der Waals surface area contributed by atoms with Crippen molar-refractivity contribution < 1.29 is 14.3 Å². The summed E-state index contributed by atoms with van der Waals surface area (Å²) in [6.45, 7) is 6.74. The van der Waals surface area contributed by atoms with Crippen molar-refractivity contribution in [3.05, 3.63) is 29.8 Å². The summed E-state index contributed by atoms with van der Waals surface area (Å²) in [5.74, 6) is 0.219. The third-order valence-corrected chi connectivity index (χ3v) is 5.63. The maximum absolute atomic E-state index is 12.7. The van der Waals surface area contributed by atoms with Crippen LogP contribution in [0.5, 0.6) is 0 Å². The van der Waals surface area contributed by atoms with Gasteiger partial charge in [-0.25, -0.2) is 4.79 Å². The number of carbonyl (C=O) groups is 2. The van der Waals surface area contributed by atoms with E-state index < -0.39 is 5.60 Å². The van der Waals surface area contributed by atoms with Gasteiger partial charge in [-0.1, -0.05) is 18.2 Å². The van der Waals surface area contributed by atoms with Crippen molar-refractivity contribution in [1.29, 1.82) is 0 Å². The Morgan fingerprint density at radius 2 is 1.86 bits per heavy atom. The number of rotatable bonds is 0. The zero-order valence-corrected chi connectivity index (χ0v) is 14.0. The molecule has 2 aliphatic heterocycles. The standard InChI is InChI=1S/C17H21NO3S/c1-16(2,3)21-15(20)18-10-8-17(9-11-18)14(19)12-6-4-5-7-13(12)22-17/h4-7H,8-11H2,1-3H3. The van der Waals surface area contributed by atoms with Crippen LogP contribution in [0.4, 0.5) is 4.79 Å². The van der Waals surface area contributed by atoms with Gasteiger partial charge in [-0.2, -0.15) is 0 Å². The van der Waals surface area contributed by atoms with Gasteiger partial charge < -0.3 is 9.64 Å². The maximum atomic E-state index is 12.7. The predicted octanol–water partition coefficient (Wildman–Crippen LogP) is 3.74. The fraction of sp³-hybridized carbons (Fsp3) is 0.529. The molecule has 1 amide bonds. The first-order valence-electron chi connectivity index (χ1n) is 7.62. The van der Waals surface area contributed by atoms with E-state index in [2.05, 4.69) is 0 Å². The number of likely N-dealkylation sites (tertiary alicyclic amines) is 1. The first kappa shape index (κ1) is 15.4. The number of nitrogens with zero attached hydrogens (tertiary/aromatic N) is 1. The minimum absolute atomic E-state index is 0.219. The summed E-state index contributed by atoms with van der Waals surface area (Å²) in [5.41, 5.74) is 0.346. The molecule has 1 saturated heterocycles. The van der Waals surface area contributed by atoms with Gasteiger partial charge >= 0.3 is 6.09 Å². The quantitative estimate of drug-likeness (QED) is 0.731. The molecule has 1 spiro atoms. The second-order valence-corrected chi connectivity index (χ2v) is 8.31. The molecule has 1 aromatic carbocycles. The molecular formula is C17H21NO3S. The Balaban J connectivity index is 1.68. The zero-order valence-electron chi connectivity index (χ0n) is 13.2. The molecule has 118 valence electrons. The average molecular weight is 319 g/mol. The van der Waals surface area contributed by atoms with Crippen LogP contribution in [0.3, 0.4) is 0 Å². The number of fused-ring (bicyclic) bond motifs is 1. The van der Waals surface area contributed by atoms with E-state index in [0.717, 1.165) is 10.5 Å². The smallest absolute Gasteiger partial charge is 0.410 e. The fourth-order valence-corrected chi connectivity index (χ4v) is 4.38. The number of carbonyl (C=O) groups excluding carboxylic acids is 2. The lowest BCUT2D eigenvalue weighted by molar-refractivity contribution is 0.0196. The van der Waals surface area contributed by atoms with E-state index in [1.807, 2.05) is 45.0 Å². The maximum Gasteiger partial charge on any atom is 0.410 e. The van der Waals surface area contributed by atoms with Crippen LogP contribution in [-0.2, 0) is 4.74 Å². The Bertz CT molecular complexity index is 613. The highest BCUT2D eigenvalue weighted by Crippen LogP contribution is 2.50. The minimum Gasteiger partial charge on any atom is -0.444 e. The number of ketones is 1. The molecule has 1 fully saturated rings. The van der Waals surface area contributed by atoms with Crippen molar-refractivity contribution in [3.8, 4) is 0 Å². The molecule has 0 radical (unpaired) electrons. The Kier molecular flexibility index (Phi) is 3.71. The Labute approximate surface area is 135 Å². The largest absolute Gasteiger partial charge is 0.444 e. The van der Waals surface area contributed by atoms with Crippen molar-refractivity contribution in [2.45, 2.75) is 48.9 Å². The van der Waals surface area contributed by atoms with E-state index in [1.54, 1.807) is 16.7 Å². The molecule has 2 aliphatic rings. The van der Waals surface area contributed by atoms with Gasteiger partial charge in [-0.15, -0.1) is 11.8 Å². The topological polar surface area (TPSA) is 46.6 Å². The molecule has 0 aromatic heterocycles. The molecule has 3 rings (SSSR count). The summed E-state index contributed by atoms with van der Waals surface area (Å²) in [6.07, 6.45) is 1.09. The van der Waals surface area contributed by atoms with Gasteiger partial charge in [0, 0.05) is 23.5 Å². The van der Waals surface area contributed by atoms with E-state index in [9.17, 15) is 9.59 Å². The number of Topliss-reactive ketones (excluding diaryl/α,β-unsaturated/α-hetero) is 1. The van der Waals surface area contributed by atoms with Crippen LogP contribution >= 0.6 is 11.8 Å². The lowest BCUT2D eigenvalue weighted by Crippen LogP contribution is -2.48. The summed E-state index contributed by atoms with van der Waals surface area (Å²) in [6, 6.07) is 7.78. The van der Waals surface area contributed by atoms with Gasteiger partial charge in [0.25, 0.3) is 0 Å². The summed E-state index contributed by atoms with van der Waals surface area (Å²) < 4.78 is 5.03. The van der Waals surface area contributed by atoms with Crippen LogP contribution in [0, 0.1) is 0 Å². The molecule has 0 saturated carbocycles. The second-order valence-electron chi connectivity index (χ2n) is 6.89. The lowest BCUT2D eigenvalue weighted by Gasteiger charge is -2.37. The molecule has 0 bridgehead atoms. The van der Waals surface area contributed by atoms with Crippen LogP contribution in [-0.4, -0.2) is 40.2 Å². The molecule has 4 nitrogen and oxygen atoms in total. The van der Waals surface area contributed by atoms with Gasteiger partial charge in [-0.05, 0) is 39.7 Å². The Morgan fingerprint density at radius 3 is 2.45 bits per heavy atom. The average Bonchev–Trinajstić information content (AvgIpc) is 2.71. The van der Waals surface area contributed by atoms with Crippen molar-refractivity contribution in [2.75, 3.05) is 13.1 Å². The van der Waals surface area contributed by atoms with Crippen LogP contribution < -0.4 is 0 Å². The number of hydrogen-bond donors (Lipinski definition) is 0. The van der Waals surface area contributed by atoms with Gasteiger partial charge in [0.05, 0.1) is 4.75 Å². The molecule has 5 heteroatoms. The molecule has 0 N–H and O–H groups in total. The first-order chi connectivity index (χ1) is 10.3. The summed E-state index contributed by atoms with van der Waals surface area (Å²) >= 11 is 1.67. The summed E-state index contributed by atoms with van der Waals surface area (Å²) in [7, 11) is 0. The monoisotopic (exact) mass is 319 g/mol. The number of benzene rings is 1. The SMILES string of the molecule is CC(C)(C)OC(=O)N1CCC2(CC1)Sc1ccccc1C2=O. The number of piperidine rings is 1. The molecule has 0 atom stereocenters. The van der Waals surface area contributed by atoms with Crippen LogP contribution in [0.1, 0.15) is 44.0 Å². The van der Waals surface area contributed by atoms with Crippen LogP contribution in [0.2, 0.25) is 0 Å². The van der Waals surface area contributed by atoms with Gasteiger partial charge in [0.2, 0.25) is 0 Å². The molecule has 22 heavy (non-hydrogen) atoms. The summed E-state index contributed by atoms with van der Waals surface area (Å²) in [5, 5.41) is 0. The van der Waals surface area contributed by atoms with Crippen molar-refractivity contribution in [2.24, 2.45) is 0 Å². The Hall–Kier alpha value is -1.49. The molecular weight excluding hydrogens is 298 g/mol. The second kappa shape index (κ2) is 5.30. The number of amides is 1. The van der Waals surface area contributed by atoms with Gasteiger partial charge in [-0.3, -0.25) is 4.79 Å². The van der Waals surface area contributed by atoms with E-state index in [1.165, 1.54) is 0 Å². The zero-order chi connectivity index (χ0) is 16.0. The van der Waals surface area contributed by atoms with Gasteiger partial charge in [0.1, 0.15) is 5.60 Å². The van der Waals surface area contributed by atoms with Crippen LogP contribution in [0.25, 0.3) is 0 Å². The predicted molar refractivity (Wildman–Crippen MR) is 86.4 cm³/mol. The van der Waals surface area contributed by atoms with Crippen molar-refractivity contribution >= 4 is 23.6 Å². The molecule has 0 aliphatic carbocycles. The summed E-state index contributed by atoms with van der Waals surface area (Å²) in [4.78, 5) is 27.6. The third kappa shape index (κ3) is 2.74. The number of thioether (sulfide) groups is 1. The van der Waals surface area contributed by atoms with Crippen molar-refractivity contribution in [3.63, 3.8) is 0 Å². The molecule has 0 unspecified atom stereocenters. The highest BCUT2D eigenvalue weighted by molar-refractivity contribution is 8.02. The van der Waals surface area contributed by atoms with E-state index in [4.69, 9.17) is 4.74 Å². The third-order valence-electron chi connectivity index (χ3n) is 4.07. The Morgan fingerprint density at radius 1 is 1.23 bits per heavy atom.